The van der Waals surface area contributed by atoms with Crippen molar-refractivity contribution in [1.29, 1.82) is 0 Å². The van der Waals surface area contributed by atoms with E-state index in [0.717, 1.165) is 61.0 Å². The fourth-order valence-corrected chi connectivity index (χ4v) is 3.60. The zero-order valence-electron chi connectivity index (χ0n) is 14.0. The number of rotatable bonds is 4. The number of piperazine rings is 1. The van der Waals surface area contributed by atoms with Gasteiger partial charge in [0.1, 0.15) is 6.26 Å². The first kappa shape index (κ1) is 14.8. The third-order valence-corrected chi connectivity index (χ3v) is 5.12. The largest absolute Gasteiger partial charge is 0.448 e. The van der Waals surface area contributed by atoms with E-state index in [1.54, 1.807) is 0 Å². The van der Waals surface area contributed by atoms with Gasteiger partial charge in [-0.1, -0.05) is 6.07 Å². The summed E-state index contributed by atoms with van der Waals surface area (Å²) in [5.74, 6) is 1.48. The average molecular weight is 339 g/mol. The number of H-pyrrole nitrogens is 2. The summed E-state index contributed by atoms with van der Waals surface area (Å²) in [7, 11) is 0. The molecule has 1 aliphatic heterocycles. The van der Waals surface area contributed by atoms with Gasteiger partial charge >= 0.3 is 5.69 Å². The van der Waals surface area contributed by atoms with Crippen molar-refractivity contribution in [2.24, 2.45) is 0 Å². The predicted molar refractivity (Wildman–Crippen MR) is 94.9 cm³/mol. The van der Waals surface area contributed by atoms with Gasteiger partial charge in [-0.15, -0.1) is 0 Å². The highest BCUT2D eigenvalue weighted by Crippen LogP contribution is 2.39. The normalized spacial score (nSPS) is 19.0. The van der Waals surface area contributed by atoms with E-state index in [9.17, 15) is 4.79 Å². The van der Waals surface area contributed by atoms with Gasteiger partial charge in [-0.25, -0.2) is 9.78 Å². The van der Waals surface area contributed by atoms with Crippen molar-refractivity contribution in [2.75, 3.05) is 31.1 Å². The molecule has 1 aliphatic carbocycles. The van der Waals surface area contributed by atoms with Crippen LogP contribution in [-0.4, -0.2) is 46.0 Å². The summed E-state index contributed by atoms with van der Waals surface area (Å²) >= 11 is 0. The number of oxazole rings is 1. The van der Waals surface area contributed by atoms with Crippen LogP contribution >= 0.6 is 0 Å². The Balaban J connectivity index is 1.26. The maximum Gasteiger partial charge on any atom is 0.323 e. The molecule has 3 aromatic rings. The Morgan fingerprint density at radius 2 is 2.00 bits per heavy atom. The number of benzene rings is 1. The Morgan fingerprint density at radius 3 is 2.80 bits per heavy atom. The number of para-hydroxylation sites is 1. The number of imidazole rings is 1. The minimum atomic E-state index is -0.154. The Labute approximate surface area is 144 Å². The molecule has 2 aliphatic rings. The van der Waals surface area contributed by atoms with Crippen molar-refractivity contribution in [1.82, 2.24) is 19.9 Å². The molecule has 25 heavy (non-hydrogen) atoms. The average Bonchev–Trinajstić information content (AvgIpc) is 3.24. The summed E-state index contributed by atoms with van der Waals surface area (Å²) < 4.78 is 5.59. The number of hydrogen-bond acceptors (Lipinski definition) is 5. The van der Waals surface area contributed by atoms with Gasteiger partial charge in [-0.2, -0.15) is 0 Å². The fraction of sp³-hybridized carbons (Fsp3) is 0.444. The lowest BCUT2D eigenvalue weighted by molar-refractivity contribution is 0.247. The summed E-state index contributed by atoms with van der Waals surface area (Å²) in [4.78, 5) is 26.7. The Bertz CT molecular complexity index is 944. The summed E-state index contributed by atoms with van der Waals surface area (Å²) in [6.45, 7) is 4.64. The SMILES string of the molecule is O=c1[nH]c2cccc(N3CCN(Cc4coc(C5CC5)n4)CC3)c2[nH]1. The first-order valence-corrected chi connectivity index (χ1v) is 8.89. The van der Waals surface area contributed by atoms with Crippen molar-refractivity contribution < 1.29 is 4.42 Å². The molecule has 1 saturated heterocycles. The molecule has 2 aromatic heterocycles. The lowest BCUT2D eigenvalue weighted by atomic mass is 10.2. The zero-order valence-corrected chi connectivity index (χ0v) is 14.0. The second-order valence-electron chi connectivity index (χ2n) is 6.99. The molecule has 130 valence electrons. The highest BCUT2D eigenvalue weighted by atomic mass is 16.3. The van der Waals surface area contributed by atoms with Crippen LogP contribution in [0.3, 0.4) is 0 Å². The van der Waals surface area contributed by atoms with Crippen molar-refractivity contribution in [3.05, 3.63) is 46.5 Å². The molecule has 0 spiro atoms. The number of aromatic amines is 2. The van der Waals surface area contributed by atoms with Crippen LogP contribution in [0.1, 0.15) is 30.3 Å². The summed E-state index contributed by atoms with van der Waals surface area (Å²) in [5.41, 5.74) is 3.73. The molecule has 7 nitrogen and oxygen atoms in total. The Morgan fingerprint density at radius 1 is 1.16 bits per heavy atom. The number of hydrogen-bond donors (Lipinski definition) is 2. The number of nitrogens with one attached hydrogen (secondary N) is 2. The van der Waals surface area contributed by atoms with Crippen molar-refractivity contribution in [2.45, 2.75) is 25.3 Å². The van der Waals surface area contributed by atoms with Crippen LogP contribution in [0.2, 0.25) is 0 Å². The van der Waals surface area contributed by atoms with Crippen molar-refractivity contribution >= 4 is 16.7 Å². The lowest BCUT2D eigenvalue weighted by Crippen LogP contribution is -2.46. The van der Waals surface area contributed by atoms with Crippen LogP contribution in [0.4, 0.5) is 5.69 Å². The molecule has 0 radical (unpaired) electrons. The van der Waals surface area contributed by atoms with Gasteiger partial charge < -0.3 is 19.3 Å². The van der Waals surface area contributed by atoms with Gasteiger partial charge in [0.25, 0.3) is 0 Å². The van der Waals surface area contributed by atoms with Gasteiger partial charge in [0.15, 0.2) is 5.89 Å². The standard InChI is InChI=1S/C18H21N5O2/c24-18-20-14-2-1-3-15(16(14)21-18)23-8-6-22(7-9-23)10-13-11-25-17(19-13)12-4-5-12/h1-3,11-12H,4-10H2,(H2,20,21,24). The molecule has 0 atom stereocenters. The molecule has 7 heteroatoms. The third kappa shape index (κ3) is 2.84. The molecule has 2 fully saturated rings. The predicted octanol–water partition coefficient (Wildman–Crippen LogP) is 2.04. The van der Waals surface area contributed by atoms with Crippen LogP contribution in [0.25, 0.3) is 11.0 Å². The van der Waals surface area contributed by atoms with E-state index in [4.69, 9.17) is 4.42 Å². The van der Waals surface area contributed by atoms with Crippen LogP contribution in [-0.2, 0) is 6.54 Å². The second-order valence-corrected chi connectivity index (χ2v) is 6.99. The number of anilines is 1. The highest BCUT2D eigenvalue weighted by Gasteiger charge is 2.29. The smallest absolute Gasteiger partial charge is 0.323 e. The van der Waals surface area contributed by atoms with Gasteiger partial charge in [0.05, 0.1) is 22.4 Å². The zero-order chi connectivity index (χ0) is 16.8. The van der Waals surface area contributed by atoms with Gasteiger partial charge in [0.2, 0.25) is 0 Å². The lowest BCUT2D eigenvalue weighted by Gasteiger charge is -2.35. The molecular formula is C18H21N5O2. The number of aromatic nitrogens is 3. The highest BCUT2D eigenvalue weighted by molar-refractivity contribution is 5.88. The topological polar surface area (TPSA) is 81.2 Å². The quantitative estimate of drug-likeness (QED) is 0.760. The van der Waals surface area contributed by atoms with E-state index < -0.39 is 0 Å². The first-order valence-electron chi connectivity index (χ1n) is 8.89. The molecular weight excluding hydrogens is 318 g/mol. The van der Waals surface area contributed by atoms with Crippen LogP contribution in [0.5, 0.6) is 0 Å². The van der Waals surface area contributed by atoms with Gasteiger partial charge in [-0.3, -0.25) is 4.90 Å². The van der Waals surface area contributed by atoms with Crippen LogP contribution in [0.15, 0.2) is 33.7 Å². The van der Waals surface area contributed by atoms with Gasteiger partial charge in [0, 0.05) is 38.6 Å². The maximum absolute atomic E-state index is 11.6. The minimum Gasteiger partial charge on any atom is -0.448 e. The van der Waals surface area contributed by atoms with Crippen LogP contribution in [0, 0.1) is 0 Å². The van der Waals surface area contributed by atoms with E-state index in [1.807, 2.05) is 18.4 Å². The van der Waals surface area contributed by atoms with E-state index in [0.29, 0.717) is 5.92 Å². The van der Waals surface area contributed by atoms with Crippen molar-refractivity contribution in [3.63, 3.8) is 0 Å². The summed E-state index contributed by atoms with van der Waals surface area (Å²) in [6.07, 6.45) is 4.24. The number of nitrogens with zero attached hydrogens (tertiary/aromatic N) is 3. The molecule has 1 saturated carbocycles. The second kappa shape index (κ2) is 5.77. The Kier molecular flexibility index (Phi) is 3.41. The van der Waals surface area contributed by atoms with Crippen LogP contribution < -0.4 is 10.6 Å². The molecule has 0 bridgehead atoms. The first-order chi connectivity index (χ1) is 12.3. The monoisotopic (exact) mass is 339 g/mol. The third-order valence-electron chi connectivity index (χ3n) is 5.12. The van der Waals surface area contributed by atoms with E-state index in [-0.39, 0.29) is 5.69 Å². The van der Waals surface area contributed by atoms with E-state index in [2.05, 4.69) is 30.8 Å². The maximum atomic E-state index is 11.6. The number of fused-ring (bicyclic) bond motifs is 1. The molecule has 0 amide bonds. The Hall–Kier alpha value is -2.54. The van der Waals surface area contributed by atoms with Gasteiger partial charge in [-0.05, 0) is 25.0 Å². The summed E-state index contributed by atoms with van der Waals surface area (Å²) in [5, 5.41) is 0. The van der Waals surface area contributed by atoms with Crippen molar-refractivity contribution in [3.8, 4) is 0 Å². The minimum absolute atomic E-state index is 0.154. The van der Waals surface area contributed by atoms with E-state index >= 15 is 0 Å². The molecule has 3 heterocycles. The molecule has 5 rings (SSSR count). The molecule has 0 unspecified atom stereocenters. The summed E-state index contributed by atoms with van der Waals surface area (Å²) in [6, 6.07) is 5.99. The molecule has 2 N–H and O–H groups in total. The molecule has 1 aromatic carbocycles. The fourth-order valence-electron chi connectivity index (χ4n) is 3.60. The van der Waals surface area contributed by atoms with E-state index in [1.165, 1.54) is 12.8 Å².